The number of anilines is 1. The van der Waals surface area contributed by atoms with E-state index in [1.807, 2.05) is 32.3 Å². The van der Waals surface area contributed by atoms with E-state index in [1.54, 1.807) is 24.2 Å². The Balaban J connectivity index is 2.71. The topological polar surface area (TPSA) is 60.5 Å². The van der Waals surface area contributed by atoms with Crippen LogP contribution < -0.4 is 5.73 Å². The molecule has 0 radical (unpaired) electrons. The van der Waals surface area contributed by atoms with Gasteiger partial charge in [-0.2, -0.15) is 0 Å². The van der Waals surface area contributed by atoms with Crippen molar-refractivity contribution in [2.45, 2.75) is 39.8 Å². The fraction of sp³-hybridized carbons (Fsp3) is 0.643. The van der Waals surface area contributed by atoms with Crippen LogP contribution in [0.15, 0.2) is 12.3 Å². The lowest BCUT2D eigenvalue weighted by Gasteiger charge is -2.20. The highest BCUT2D eigenvalue weighted by atomic mass is 16.5. The van der Waals surface area contributed by atoms with Gasteiger partial charge in [0, 0.05) is 25.8 Å². The number of amides is 1. The van der Waals surface area contributed by atoms with Crippen molar-refractivity contribution < 1.29 is 9.53 Å². The number of rotatable bonds is 6. The molecule has 1 amide bonds. The number of carbonyl (C=O) groups excluding carboxylic acids is 1. The lowest BCUT2D eigenvalue weighted by Crippen LogP contribution is -2.32. The van der Waals surface area contributed by atoms with Gasteiger partial charge in [-0.05, 0) is 33.8 Å². The first-order valence-electron chi connectivity index (χ1n) is 6.67. The zero-order chi connectivity index (χ0) is 14.6. The first-order valence-corrected chi connectivity index (χ1v) is 6.67. The summed E-state index contributed by atoms with van der Waals surface area (Å²) in [5.74, 6) is -0.0299. The fourth-order valence-electron chi connectivity index (χ4n) is 1.82. The van der Waals surface area contributed by atoms with Crippen LogP contribution in [0.3, 0.4) is 0 Å². The average molecular weight is 267 g/mol. The van der Waals surface area contributed by atoms with Crippen molar-refractivity contribution in [1.29, 1.82) is 0 Å². The minimum Gasteiger partial charge on any atom is -0.397 e. The fourth-order valence-corrected chi connectivity index (χ4v) is 1.82. The van der Waals surface area contributed by atoms with Gasteiger partial charge >= 0.3 is 0 Å². The third-order valence-corrected chi connectivity index (χ3v) is 2.87. The summed E-state index contributed by atoms with van der Waals surface area (Å²) in [6.07, 6.45) is 1.98. The SMILES string of the molecule is CC(C)OCCN(C)C(=O)c1cc(N)cn1C(C)C. The molecule has 19 heavy (non-hydrogen) atoms. The molecule has 0 aliphatic carbocycles. The summed E-state index contributed by atoms with van der Waals surface area (Å²) in [6, 6.07) is 1.93. The Hall–Kier alpha value is -1.49. The van der Waals surface area contributed by atoms with Gasteiger partial charge in [0.15, 0.2) is 0 Å². The Morgan fingerprint density at radius 1 is 1.42 bits per heavy atom. The smallest absolute Gasteiger partial charge is 0.270 e. The van der Waals surface area contributed by atoms with Gasteiger partial charge in [0.2, 0.25) is 0 Å². The standard InChI is InChI=1S/C14H25N3O2/c1-10(2)17-9-12(15)8-13(17)14(18)16(5)6-7-19-11(3)4/h8-11H,6-7,15H2,1-5H3. The van der Waals surface area contributed by atoms with Crippen molar-refractivity contribution >= 4 is 11.6 Å². The van der Waals surface area contributed by atoms with Crippen molar-refractivity contribution in [3.8, 4) is 0 Å². The largest absolute Gasteiger partial charge is 0.397 e. The normalized spacial score (nSPS) is 11.3. The molecule has 108 valence electrons. The minimum absolute atomic E-state index is 0.0299. The van der Waals surface area contributed by atoms with E-state index >= 15 is 0 Å². The molecular weight excluding hydrogens is 242 g/mol. The number of hydrogen-bond acceptors (Lipinski definition) is 3. The Morgan fingerprint density at radius 2 is 2.05 bits per heavy atom. The molecular formula is C14H25N3O2. The molecule has 0 aromatic carbocycles. The van der Waals surface area contributed by atoms with E-state index in [4.69, 9.17) is 10.5 Å². The van der Waals surface area contributed by atoms with Crippen LogP contribution in [-0.4, -0.2) is 41.7 Å². The van der Waals surface area contributed by atoms with E-state index in [0.29, 0.717) is 24.5 Å². The lowest BCUT2D eigenvalue weighted by atomic mass is 10.3. The molecule has 0 atom stereocenters. The quantitative estimate of drug-likeness (QED) is 0.859. The van der Waals surface area contributed by atoms with Gasteiger partial charge in [0.25, 0.3) is 5.91 Å². The van der Waals surface area contributed by atoms with E-state index in [0.717, 1.165) is 0 Å². The number of hydrogen-bond donors (Lipinski definition) is 1. The Bertz CT molecular complexity index is 424. The zero-order valence-electron chi connectivity index (χ0n) is 12.5. The average Bonchev–Trinajstić information content (AvgIpc) is 2.69. The number of nitrogens with zero attached hydrogens (tertiary/aromatic N) is 2. The molecule has 0 fully saturated rings. The van der Waals surface area contributed by atoms with E-state index in [2.05, 4.69) is 0 Å². The molecule has 1 rings (SSSR count). The number of likely N-dealkylation sites (N-methyl/N-ethyl adjacent to an activating group) is 1. The van der Waals surface area contributed by atoms with Crippen LogP contribution in [0.1, 0.15) is 44.2 Å². The van der Waals surface area contributed by atoms with Crippen LogP contribution in [0, 0.1) is 0 Å². The van der Waals surface area contributed by atoms with Gasteiger partial charge in [0.05, 0.1) is 18.4 Å². The maximum Gasteiger partial charge on any atom is 0.270 e. The molecule has 0 bridgehead atoms. The van der Waals surface area contributed by atoms with Gasteiger partial charge in [0.1, 0.15) is 5.69 Å². The van der Waals surface area contributed by atoms with Crippen molar-refractivity contribution in [2.75, 3.05) is 25.9 Å². The van der Waals surface area contributed by atoms with Crippen LogP contribution >= 0.6 is 0 Å². The third-order valence-electron chi connectivity index (χ3n) is 2.87. The molecule has 0 saturated heterocycles. The highest BCUT2D eigenvalue weighted by Crippen LogP contribution is 2.17. The van der Waals surface area contributed by atoms with Crippen molar-refractivity contribution in [3.63, 3.8) is 0 Å². The van der Waals surface area contributed by atoms with Crippen molar-refractivity contribution in [3.05, 3.63) is 18.0 Å². The molecule has 0 aliphatic heterocycles. The van der Waals surface area contributed by atoms with Gasteiger partial charge in [-0.1, -0.05) is 0 Å². The molecule has 0 unspecified atom stereocenters. The minimum atomic E-state index is -0.0299. The van der Waals surface area contributed by atoms with Crippen molar-refractivity contribution in [1.82, 2.24) is 9.47 Å². The van der Waals surface area contributed by atoms with Gasteiger partial charge in [-0.15, -0.1) is 0 Å². The van der Waals surface area contributed by atoms with Crippen LogP contribution in [0.2, 0.25) is 0 Å². The predicted octanol–water partition coefficient (Wildman–Crippen LogP) is 2.15. The highest BCUT2D eigenvalue weighted by molar-refractivity contribution is 5.93. The summed E-state index contributed by atoms with van der Waals surface area (Å²) < 4.78 is 7.36. The summed E-state index contributed by atoms with van der Waals surface area (Å²) in [4.78, 5) is 14.0. The number of aromatic nitrogens is 1. The summed E-state index contributed by atoms with van der Waals surface area (Å²) in [6.45, 7) is 9.12. The zero-order valence-corrected chi connectivity index (χ0v) is 12.5. The monoisotopic (exact) mass is 267 g/mol. The lowest BCUT2D eigenvalue weighted by molar-refractivity contribution is 0.0525. The van der Waals surface area contributed by atoms with Crippen LogP contribution in [0.5, 0.6) is 0 Å². The number of carbonyl (C=O) groups is 1. The van der Waals surface area contributed by atoms with Gasteiger partial charge in [-0.25, -0.2) is 0 Å². The maximum atomic E-state index is 12.4. The first-order chi connectivity index (χ1) is 8.82. The van der Waals surface area contributed by atoms with Crippen LogP contribution in [0.4, 0.5) is 5.69 Å². The molecule has 1 heterocycles. The predicted molar refractivity (Wildman–Crippen MR) is 77.3 cm³/mol. The third kappa shape index (κ3) is 4.28. The molecule has 1 aromatic rings. The molecule has 2 N–H and O–H groups in total. The van der Waals surface area contributed by atoms with E-state index in [-0.39, 0.29) is 18.1 Å². The second kappa shape index (κ2) is 6.61. The summed E-state index contributed by atoms with van der Waals surface area (Å²) in [5.41, 5.74) is 7.02. The summed E-state index contributed by atoms with van der Waals surface area (Å²) >= 11 is 0. The Kier molecular flexibility index (Phi) is 5.42. The number of ether oxygens (including phenoxy) is 1. The van der Waals surface area contributed by atoms with E-state index < -0.39 is 0 Å². The molecule has 1 aromatic heterocycles. The molecule has 0 saturated carbocycles. The summed E-state index contributed by atoms with van der Waals surface area (Å²) in [5, 5.41) is 0. The molecule has 0 aliphatic rings. The Morgan fingerprint density at radius 3 is 2.58 bits per heavy atom. The molecule has 0 spiro atoms. The van der Waals surface area contributed by atoms with Gasteiger partial charge < -0.3 is 19.9 Å². The van der Waals surface area contributed by atoms with Crippen LogP contribution in [-0.2, 0) is 4.74 Å². The summed E-state index contributed by atoms with van der Waals surface area (Å²) in [7, 11) is 1.78. The van der Waals surface area contributed by atoms with Crippen LogP contribution in [0.25, 0.3) is 0 Å². The van der Waals surface area contributed by atoms with Crippen molar-refractivity contribution in [2.24, 2.45) is 0 Å². The second-order valence-electron chi connectivity index (χ2n) is 5.31. The maximum absolute atomic E-state index is 12.4. The molecule has 5 heteroatoms. The van der Waals surface area contributed by atoms with E-state index in [9.17, 15) is 4.79 Å². The first kappa shape index (κ1) is 15.6. The molecule has 5 nitrogen and oxygen atoms in total. The number of nitrogens with two attached hydrogens (primary N) is 1. The highest BCUT2D eigenvalue weighted by Gasteiger charge is 2.18. The van der Waals surface area contributed by atoms with E-state index in [1.165, 1.54) is 0 Å². The second-order valence-corrected chi connectivity index (χ2v) is 5.31. The Labute approximate surface area is 115 Å². The number of nitrogen functional groups attached to an aromatic ring is 1. The van der Waals surface area contributed by atoms with Gasteiger partial charge in [-0.3, -0.25) is 4.79 Å².